The Morgan fingerprint density at radius 2 is 1.81 bits per heavy atom. The van der Waals surface area contributed by atoms with Crippen molar-refractivity contribution in [2.24, 2.45) is 0 Å². The van der Waals surface area contributed by atoms with Gasteiger partial charge in [-0.3, -0.25) is 10.1 Å². The first-order chi connectivity index (χ1) is 12.4. The van der Waals surface area contributed by atoms with E-state index in [9.17, 15) is 19.7 Å². The number of fused-ring (bicyclic) bond motifs is 1. The molecule has 2 aromatic carbocycles. The van der Waals surface area contributed by atoms with Crippen LogP contribution in [0.3, 0.4) is 0 Å². The van der Waals surface area contributed by atoms with Crippen LogP contribution in [0.1, 0.15) is 15.9 Å². The van der Waals surface area contributed by atoms with Crippen molar-refractivity contribution < 1.29 is 34.2 Å². The molecule has 0 unspecified atom stereocenters. The molecule has 9 heteroatoms. The van der Waals surface area contributed by atoms with Gasteiger partial charge in [0.1, 0.15) is 0 Å². The predicted molar refractivity (Wildman–Crippen MR) is 89.3 cm³/mol. The van der Waals surface area contributed by atoms with E-state index in [1.807, 2.05) is 0 Å². The molecule has 0 atom stereocenters. The maximum Gasteiger partial charge on any atom is 0.335 e. The second kappa shape index (κ2) is 8.29. The quantitative estimate of drug-likeness (QED) is 0.483. The molecule has 2 aromatic rings. The maximum atomic E-state index is 10.5. The Morgan fingerprint density at radius 3 is 2.46 bits per heavy atom. The normalized spacial score (nSPS) is 11.5. The highest BCUT2D eigenvalue weighted by Crippen LogP contribution is 2.32. The topological polar surface area (TPSA) is 136 Å². The zero-order valence-corrected chi connectivity index (χ0v) is 13.2. The monoisotopic (exact) mass is 359 g/mol. The van der Waals surface area contributed by atoms with Crippen LogP contribution >= 0.6 is 0 Å². The molecule has 1 aliphatic heterocycles. The summed E-state index contributed by atoms with van der Waals surface area (Å²) >= 11 is 0. The highest BCUT2D eigenvalue weighted by molar-refractivity contribution is 5.88. The number of aliphatic carboxylic acids is 1. The lowest BCUT2D eigenvalue weighted by atomic mass is 10.2. The largest absolute Gasteiger partial charge is 0.478 e. The molecule has 134 valence electrons. The van der Waals surface area contributed by atoms with Gasteiger partial charge >= 0.3 is 11.9 Å². The van der Waals surface area contributed by atoms with Crippen LogP contribution in [0.5, 0.6) is 11.5 Å². The minimum Gasteiger partial charge on any atom is -0.478 e. The SMILES string of the molecule is O=C(O)C=Cc1cccc([N+](=O)[O-])c1.O=C(O)c1ccc2c(c1)OCO2. The second-order valence-corrected chi connectivity index (χ2v) is 4.90. The number of ether oxygens (including phenoxy) is 2. The number of nitro groups is 1. The third-order valence-corrected chi connectivity index (χ3v) is 3.12. The van der Waals surface area contributed by atoms with E-state index in [1.54, 1.807) is 12.1 Å². The van der Waals surface area contributed by atoms with Crippen molar-refractivity contribution in [3.8, 4) is 11.5 Å². The third-order valence-electron chi connectivity index (χ3n) is 3.12. The number of rotatable bonds is 4. The van der Waals surface area contributed by atoms with E-state index in [0.29, 0.717) is 17.1 Å². The van der Waals surface area contributed by atoms with Gasteiger partial charge in [-0.1, -0.05) is 12.1 Å². The Kier molecular flexibility index (Phi) is 5.88. The number of carboxylic acid groups (broad SMARTS) is 2. The standard InChI is InChI=1S/C9H7NO4.C8H6O4/c11-9(12)5-4-7-2-1-3-8(6-7)10(13)14;9-8(10)5-1-2-6-7(3-5)12-4-11-6/h1-6H,(H,11,12);1-3H,4H2,(H,9,10). The van der Waals surface area contributed by atoms with Gasteiger partial charge in [0.25, 0.3) is 5.69 Å². The smallest absolute Gasteiger partial charge is 0.335 e. The second-order valence-electron chi connectivity index (χ2n) is 4.90. The highest BCUT2D eigenvalue weighted by atomic mass is 16.7. The number of nitro benzene ring substituents is 1. The van der Waals surface area contributed by atoms with Gasteiger partial charge in [-0.15, -0.1) is 0 Å². The first kappa shape index (κ1) is 18.5. The van der Waals surface area contributed by atoms with Crippen molar-refractivity contribution in [3.05, 3.63) is 69.8 Å². The van der Waals surface area contributed by atoms with Gasteiger partial charge < -0.3 is 19.7 Å². The minimum atomic E-state index is -1.09. The van der Waals surface area contributed by atoms with Crippen molar-refractivity contribution in [3.63, 3.8) is 0 Å². The number of hydrogen-bond donors (Lipinski definition) is 2. The van der Waals surface area contributed by atoms with E-state index < -0.39 is 16.9 Å². The molecule has 0 radical (unpaired) electrons. The lowest BCUT2D eigenvalue weighted by Gasteiger charge is -1.96. The van der Waals surface area contributed by atoms with Crippen LogP contribution in [0, 0.1) is 10.1 Å². The summed E-state index contributed by atoms with van der Waals surface area (Å²) in [6.07, 6.45) is 2.23. The first-order valence-electron chi connectivity index (χ1n) is 7.15. The van der Waals surface area contributed by atoms with E-state index in [4.69, 9.17) is 19.7 Å². The van der Waals surface area contributed by atoms with E-state index in [2.05, 4.69) is 0 Å². The Labute approximate surface area is 146 Å². The summed E-state index contributed by atoms with van der Waals surface area (Å²) < 4.78 is 10.0. The molecule has 1 heterocycles. The van der Waals surface area contributed by atoms with Crippen LogP contribution in [-0.2, 0) is 4.79 Å². The van der Waals surface area contributed by atoms with E-state index >= 15 is 0 Å². The molecule has 9 nitrogen and oxygen atoms in total. The summed E-state index contributed by atoms with van der Waals surface area (Å²) in [5.41, 5.74) is 0.637. The fraction of sp³-hybridized carbons (Fsp3) is 0.0588. The van der Waals surface area contributed by atoms with Gasteiger partial charge in [-0.2, -0.15) is 0 Å². The average molecular weight is 359 g/mol. The van der Waals surface area contributed by atoms with Gasteiger partial charge in [0, 0.05) is 18.2 Å². The van der Waals surface area contributed by atoms with Gasteiger partial charge in [0.2, 0.25) is 6.79 Å². The summed E-state index contributed by atoms with van der Waals surface area (Å²) in [7, 11) is 0. The van der Waals surface area contributed by atoms with Crippen molar-refractivity contribution in [2.45, 2.75) is 0 Å². The molecule has 0 amide bonds. The van der Waals surface area contributed by atoms with E-state index in [1.165, 1.54) is 36.4 Å². The van der Waals surface area contributed by atoms with Crippen molar-refractivity contribution in [1.82, 2.24) is 0 Å². The Morgan fingerprint density at radius 1 is 1.08 bits per heavy atom. The number of carboxylic acids is 2. The molecule has 0 saturated heterocycles. The third kappa shape index (κ3) is 5.06. The fourth-order valence-electron chi connectivity index (χ4n) is 1.94. The average Bonchev–Trinajstić information content (AvgIpc) is 3.08. The Hall–Kier alpha value is -3.88. The summed E-state index contributed by atoms with van der Waals surface area (Å²) in [5, 5.41) is 27.3. The van der Waals surface area contributed by atoms with Crippen LogP contribution in [0.15, 0.2) is 48.5 Å². The number of benzene rings is 2. The molecule has 1 aliphatic rings. The molecular formula is C17H13NO8. The van der Waals surface area contributed by atoms with Crippen LogP contribution < -0.4 is 9.47 Å². The Bertz CT molecular complexity index is 875. The molecule has 26 heavy (non-hydrogen) atoms. The molecule has 0 spiro atoms. The molecule has 0 aliphatic carbocycles. The highest BCUT2D eigenvalue weighted by Gasteiger charge is 2.15. The van der Waals surface area contributed by atoms with Crippen LogP contribution in [-0.4, -0.2) is 33.9 Å². The van der Waals surface area contributed by atoms with Gasteiger partial charge in [0.15, 0.2) is 11.5 Å². The molecule has 0 aromatic heterocycles. The molecular weight excluding hydrogens is 346 g/mol. The Balaban J connectivity index is 0.000000189. The van der Waals surface area contributed by atoms with E-state index in [0.717, 1.165) is 6.08 Å². The molecule has 0 bridgehead atoms. The van der Waals surface area contributed by atoms with Crippen molar-refractivity contribution in [1.29, 1.82) is 0 Å². The fourth-order valence-corrected chi connectivity index (χ4v) is 1.94. The zero-order valence-electron chi connectivity index (χ0n) is 13.2. The summed E-state index contributed by atoms with van der Waals surface area (Å²) in [6.45, 7) is 0.165. The van der Waals surface area contributed by atoms with Crippen LogP contribution in [0.2, 0.25) is 0 Å². The minimum absolute atomic E-state index is 0.0578. The lowest BCUT2D eigenvalue weighted by molar-refractivity contribution is -0.384. The number of carbonyl (C=O) groups is 2. The van der Waals surface area contributed by atoms with Crippen molar-refractivity contribution >= 4 is 23.7 Å². The van der Waals surface area contributed by atoms with Gasteiger partial charge in [-0.05, 0) is 29.8 Å². The molecule has 2 N–H and O–H groups in total. The maximum absolute atomic E-state index is 10.5. The lowest BCUT2D eigenvalue weighted by Crippen LogP contribution is -1.95. The molecule has 0 fully saturated rings. The molecule has 0 saturated carbocycles. The van der Waals surface area contributed by atoms with Gasteiger partial charge in [-0.25, -0.2) is 9.59 Å². The molecule has 3 rings (SSSR count). The number of non-ortho nitro benzene ring substituents is 1. The zero-order chi connectivity index (χ0) is 19.1. The van der Waals surface area contributed by atoms with Crippen LogP contribution in [0.25, 0.3) is 6.08 Å². The number of aromatic carboxylic acids is 1. The summed E-state index contributed by atoms with van der Waals surface area (Å²) in [6, 6.07) is 10.3. The van der Waals surface area contributed by atoms with E-state index in [-0.39, 0.29) is 18.0 Å². The number of hydrogen-bond acceptors (Lipinski definition) is 6. The summed E-state index contributed by atoms with van der Waals surface area (Å²) in [5.74, 6) is -0.959. The number of nitrogens with zero attached hydrogens (tertiary/aromatic N) is 1. The van der Waals surface area contributed by atoms with Gasteiger partial charge in [0.05, 0.1) is 10.5 Å². The van der Waals surface area contributed by atoms with Crippen molar-refractivity contribution in [2.75, 3.05) is 6.79 Å². The summed E-state index contributed by atoms with van der Waals surface area (Å²) in [4.78, 5) is 30.5. The first-order valence-corrected chi connectivity index (χ1v) is 7.15. The predicted octanol–water partition coefficient (Wildman–Crippen LogP) is 2.81. The van der Waals surface area contributed by atoms with Crippen LogP contribution in [0.4, 0.5) is 5.69 Å².